The molecule has 0 spiro atoms. The predicted octanol–water partition coefficient (Wildman–Crippen LogP) is 4.65. The van der Waals surface area contributed by atoms with Gasteiger partial charge in [0, 0.05) is 30.6 Å². The zero-order valence-electron chi connectivity index (χ0n) is 15.6. The molecule has 0 saturated carbocycles. The number of morpholine rings is 1. The number of nitriles is 1. The third-order valence-corrected chi connectivity index (χ3v) is 6.28. The fraction of sp³-hybridized carbons (Fsp3) is 0.318. The van der Waals surface area contributed by atoms with E-state index in [1.807, 2.05) is 12.1 Å². The Hall–Kier alpha value is -2.39. The standard InChI is InChI=1S/C22H22N2O2S/c1-15-20(19(14-23)22(27-15)24-9-11-26-12-10-24)21(25-2)18-8-7-16-5-3-4-6-17(16)13-18/h3-8,13,21H,9-12H2,1-2H3. The van der Waals surface area contributed by atoms with E-state index in [0.717, 1.165) is 39.7 Å². The largest absolute Gasteiger partial charge is 0.378 e. The van der Waals surface area contributed by atoms with Gasteiger partial charge in [0.25, 0.3) is 0 Å². The van der Waals surface area contributed by atoms with Gasteiger partial charge in [0.15, 0.2) is 0 Å². The molecule has 27 heavy (non-hydrogen) atoms. The molecule has 3 aromatic rings. The Kier molecular flexibility index (Phi) is 5.13. The monoisotopic (exact) mass is 378 g/mol. The normalized spacial score (nSPS) is 15.7. The molecule has 0 bridgehead atoms. The lowest BCUT2D eigenvalue weighted by Crippen LogP contribution is -2.36. The Balaban J connectivity index is 1.79. The van der Waals surface area contributed by atoms with Crippen LogP contribution in [0.5, 0.6) is 0 Å². The molecule has 2 aromatic carbocycles. The maximum absolute atomic E-state index is 9.95. The van der Waals surface area contributed by atoms with E-state index in [-0.39, 0.29) is 6.10 Å². The Morgan fingerprint density at radius 3 is 2.59 bits per heavy atom. The van der Waals surface area contributed by atoms with Crippen molar-refractivity contribution < 1.29 is 9.47 Å². The van der Waals surface area contributed by atoms with E-state index in [2.05, 4.69) is 48.2 Å². The molecule has 1 aromatic heterocycles. The van der Waals surface area contributed by atoms with Crippen molar-refractivity contribution in [3.8, 4) is 6.07 Å². The molecule has 4 rings (SSSR count). The average molecular weight is 378 g/mol. The van der Waals surface area contributed by atoms with Crippen LogP contribution in [0, 0.1) is 18.3 Å². The van der Waals surface area contributed by atoms with Gasteiger partial charge in [0.2, 0.25) is 0 Å². The molecule has 138 valence electrons. The molecule has 1 aliphatic rings. The Bertz CT molecular complexity index is 999. The fourth-order valence-corrected chi connectivity index (χ4v) is 4.93. The molecular weight excluding hydrogens is 356 g/mol. The second-order valence-electron chi connectivity index (χ2n) is 6.69. The number of anilines is 1. The van der Waals surface area contributed by atoms with Crippen LogP contribution in [0.25, 0.3) is 10.8 Å². The van der Waals surface area contributed by atoms with E-state index < -0.39 is 0 Å². The number of hydrogen-bond acceptors (Lipinski definition) is 5. The van der Waals surface area contributed by atoms with Crippen LogP contribution in [0.15, 0.2) is 42.5 Å². The van der Waals surface area contributed by atoms with Gasteiger partial charge in [0.05, 0.1) is 18.8 Å². The molecule has 1 saturated heterocycles. The van der Waals surface area contributed by atoms with Crippen LogP contribution in [-0.2, 0) is 9.47 Å². The number of benzene rings is 2. The topological polar surface area (TPSA) is 45.5 Å². The summed E-state index contributed by atoms with van der Waals surface area (Å²) in [5, 5.41) is 13.4. The van der Waals surface area contributed by atoms with E-state index in [1.54, 1.807) is 18.4 Å². The minimum atomic E-state index is -0.254. The average Bonchev–Trinajstić information content (AvgIpc) is 3.05. The number of fused-ring (bicyclic) bond motifs is 1. The summed E-state index contributed by atoms with van der Waals surface area (Å²) >= 11 is 1.68. The highest BCUT2D eigenvalue weighted by Gasteiger charge is 2.28. The minimum absolute atomic E-state index is 0.254. The van der Waals surface area contributed by atoms with Crippen molar-refractivity contribution in [2.45, 2.75) is 13.0 Å². The van der Waals surface area contributed by atoms with E-state index in [9.17, 15) is 5.26 Å². The zero-order valence-corrected chi connectivity index (χ0v) is 16.4. The van der Waals surface area contributed by atoms with Crippen LogP contribution in [0.4, 0.5) is 5.00 Å². The first-order chi connectivity index (χ1) is 13.2. The molecule has 0 radical (unpaired) electrons. The lowest BCUT2D eigenvalue weighted by molar-refractivity contribution is 0.123. The maximum atomic E-state index is 9.95. The highest BCUT2D eigenvalue weighted by molar-refractivity contribution is 7.16. The van der Waals surface area contributed by atoms with Gasteiger partial charge in [-0.25, -0.2) is 0 Å². The molecule has 4 nitrogen and oxygen atoms in total. The number of aryl methyl sites for hydroxylation is 1. The summed E-state index contributed by atoms with van der Waals surface area (Å²) in [7, 11) is 1.71. The quantitative estimate of drug-likeness (QED) is 0.663. The number of thiophene rings is 1. The van der Waals surface area contributed by atoms with Gasteiger partial charge in [0.1, 0.15) is 17.2 Å². The van der Waals surface area contributed by atoms with Crippen LogP contribution < -0.4 is 4.90 Å². The zero-order chi connectivity index (χ0) is 18.8. The first kappa shape index (κ1) is 18.0. The van der Waals surface area contributed by atoms with Crippen LogP contribution in [0.1, 0.15) is 27.7 Å². The summed E-state index contributed by atoms with van der Waals surface area (Å²) in [6, 6.07) is 17.1. The van der Waals surface area contributed by atoms with Gasteiger partial charge >= 0.3 is 0 Å². The van der Waals surface area contributed by atoms with Crippen molar-refractivity contribution >= 4 is 27.1 Å². The minimum Gasteiger partial charge on any atom is -0.378 e. The molecule has 0 amide bonds. The molecule has 2 heterocycles. The molecule has 1 aliphatic heterocycles. The van der Waals surface area contributed by atoms with Crippen molar-refractivity contribution in [2.24, 2.45) is 0 Å². The predicted molar refractivity (Wildman–Crippen MR) is 110 cm³/mol. The van der Waals surface area contributed by atoms with Gasteiger partial charge in [-0.1, -0.05) is 36.4 Å². The molecule has 1 fully saturated rings. The van der Waals surface area contributed by atoms with Gasteiger partial charge in [-0.3, -0.25) is 0 Å². The molecule has 1 unspecified atom stereocenters. The Labute approximate surface area is 163 Å². The van der Waals surface area contributed by atoms with E-state index >= 15 is 0 Å². The summed E-state index contributed by atoms with van der Waals surface area (Å²) in [6.45, 7) is 5.13. The van der Waals surface area contributed by atoms with Crippen LogP contribution in [0.3, 0.4) is 0 Å². The number of rotatable bonds is 4. The maximum Gasteiger partial charge on any atom is 0.110 e. The summed E-state index contributed by atoms with van der Waals surface area (Å²) in [5.74, 6) is 0. The third-order valence-electron chi connectivity index (χ3n) is 5.10. The van der Waals surface area contributed by atoms with E-state index in [0.29, 0.717) is 13.2 Å². The van der Waals surface area contributed by atoms with Crippen molar-refractivity contribution in [1.29, 1.82) is 5.26 Å². The Morgan fingerprint density at radius 1 is 1.15 bits per heavy atom. The Morgan fingerprint density at radius 2 is 1.89 bits per heavy atom. The van der Waals surface area contributed by atoms with Crippen molar-refractivity contribution in [1.82, 2.24) is 0 Å². The summed E-state index contributed by atoms with van der Waals surface area (Å²) in [6.07, 6.45) is -0.254. The SMILES string of the molecule is COC(c1ccc2ccccc2c1)c1c(C)sc(N2CCOCC2)c1C#N. The lowest BCUT2D eigenvalue weighted by Gasteiger charge is -2.28. The van der Waals surface area contributed by atoms with Crippen molar-refractivity contribution in [3.05, 3.63) is 64.0 Å². The van der Waals surface area contributed by atoms with Crippen LogP contribution in [-0.4, -0.2) is 33.4 Å². The summed E-state index contributed by atoms with van der Waals surface area (Å²) in [5.41, 5.74) is 2.79. The number of ether oxygens (including phenoxy) is 2. The smallest absolute Gasteiger partial charge is 0.110 e. The first-order valence-electron chi connectivity index (χ1n) is 9.10. The second-order valence-corrected chi connectivity index (χ2v) is 7.89. The van der Waals surface area contributed by atoms with Gasteiger partial charge in [-0.2, -0.15) is 5.26 Å². The van der Waals surface area contributed by atoms with E-state index in [1.165, 1.54) is 10.8 Å². The summed E-state index contributed by atoms with van der Waals surface area (Å²) in [4.78, 5) is 3.39. The van der Waals surface area contributed by atoms with Gasteiger partial charge in [-0.05, 0) is 29.3 Å². The number of methoxy groups -OCH3 is 1. The molecule has 0 aliphatic carbocycles. The highest BCUT2D eigenvalue weighted by Crippen LogP contribution is 2.42. The number of nitrogens with zero attached hydrogens (tertiary/aromatic N) is 2. The lowest BCUT2D eigenvalue weighted by atomic mass is 9.96. The fourth-order valence-electron chi connectivity index (χ4n) is 3.75. The van der Waals surface area contributed by atoms with E-state index in [4.69, 9.17) is 9.47 Å². The summed E-state index contributed by atoms with van der Waals surface area (Å²) < 4.78 is 11.4. The number of hydrogen-bond donors (Lipinski definition) is 0. The molecular formula is C22H22N2O2S. The van der Waals surface area contributed by atoms with Gasteiger partial charge in [-0.15, -0.1) is 11.3 Å². The molecule has 1 atom stereocenters. The third kappa shape index (κ3) is 3.32. The van der Waals surface area contributed by atoms with Crippen molar-refractivity contribution in [2.75, 3.05) is 38.3 Å². The van der Waals surface area contributed by atoms with Gasteiger partial charge < -0.3 is 14.4 Å². The molecule has 5 heteroatoms. The molecule has 0 N–H and O–H groups in total. The van der Waals surface area contributed by atoms with Crippen LogP contribution in [0.2, 0.25) is 0 Å². The second kappa shape index (κ2) is 7.69. The first-order valence-corrected chi connectivity index (χ1v) is 9.92. The highest BCUT2D eigenvalue weighted by atomic mass is 32.1. The van der Waals surface area contributed by atoms with Crippen LogP contribution >= 0.6 is 11.3 Å². The van der Waals surface area contributed by atoms with Crippen molar-refractivity contribution in [3.63, 3.8) is 0 Å².